The van der Waals surface area contributed by atoms with Crippen LogP contribution in [0.5, 0.6) is 5.75 Å². The average Bonchev–Trinajstić information content (AvgIpc) is 3.19. The molecular formula is C13H18N2O4. The summed E-state index contributed by atoms with van der Waals surface area (Å²) in [7, 11) is 0. The van der Waals surface area contributed by atoms with Gasteiger partial charge in [0.05, 0.1) is 11.5 Å². The molecule has 1 fully saturated rings. The summed E-state index contributed by atoms with van der Waals surface area (Å²) in [6, 6.07) is 6.09. The molecule has 0 amide bonds. The highest BCUT2D eigenvalue weighted by atomic mass is 16.6. The predicted octanol–water partition coefficient (Wildman–Crippen LogP) is 2.04. The van der Waals surface area contributed by atoms with Crippen LogP contribution in [0, 0.1) is 10.1 Å². The summed E-state index contributed by atoms with van der Waals surface area (Å²) >= 11 is 0. The van der Waals surface area contributed by atoms with Crippen molar-refractivity contribution < 1.29 is 14.4 Å². The Morgan fingerprint density at radius 1 is 1.37 bits per heavy atom. The van der Waals surface area contributed by atoms with Crippen molar-refractivity contribution in [1.82, 2.24) is 4.90 Å². The molecule has 6 nitrogen and oxygen atoms in total. The van der Waals surface area contributed by atoms with Crippen molar-refractivity contribution in [2.75, 3.05) is 26.3 Å². The van der Waals surface area contributed by atoms with Crippen molar-refractivity contribution in [3.05, 3.63) is 34.4 Å². The van der Waals surface area contributed by atoms with Gasteiger partial charge in [0.2, 0.25) is 0 Å². The molecule has 0 aromatic heterocycles. The molecule has 1 aliphatic heterocycles. The molecule has 1 aromatic carbocycles. The van der Waals surface area contributed by atoms with E-state index in [-0.39, 0.29) is 11.4 Å². The number of nitro benzene ring substituents is 1. The van der Waals surface area contributed by atoms with Crippen molar-refractivity contribution in [2.45, 2.75) is 19.6 Å². The largest absolute Gasteiger partial charge is 0.489 e. The number of hydrogen-bond donors (Lipinski definition) is 0. The molecule has 104 valence electrons. The average molecular weight is 266 g/mol. The number of nitro groups is 1. The molecule has 2 rings (SSSR count). The van der Waals surface area contributed by atoms with Gasteiger partial charge in [0.15, 0.2) is 5.72 Å². The fourth-order valence-electron chi connectivity index (χ4n) is 2.10. The van der Waals surface area contributed by atoms with E-state index in [9.17, 15) is 10.1 Å². The summed E-state index contributed by atoms with van der Waals surface area (Å²) < 4.78 is 11.2. The summed E-state index contributed by atoms with van der Waals surface area (Å²) in [5.41, 5.74) is -0.251. The van der Waals surface area contributed by atoms with E-state index >= 15 is 0 Å². The smallest absolute Gasteiger partial charge is 0.269 e. The fourth-order valence-corrected chi connectivity index (χ4v) is 2.10. The number of epoxide rings is 1. The van der Waals surface area contributed by atoms with Gasteiger partial charge in [-0.3, -0.25) is 15.0 Å². The van der Waals surface area contributed by atoms with Gasteiger partial charge >= 0.3 is 0 Å². The number of ether oxygens (including phenoxy) is 2. The Bertz CT molecular complexity index is 438. The molecule has 1 aromatic rings. The van der Waals surface area contributed by atoms with Gasteiger partial charge in [0.1, 0.15) is 12.4 Å². The second-order valence-electron chi connectivity index (χ2n) is 4.45. The van der Waals surface area contributed by atoms with Crippen molar-refractivity contribution in [3.63, 3.8) is 0 Å². The molecule has 0 radical (unpaired) electrons. The van der Waals surface area contributed by atoms with Gasteiger partial charge < -0.3 is 9.47 Å². The van der Waals surface area contributed by atoms with E-state index in [0.29, 0.717) is 19.0 Å². The summed E-state index contributed by atoms with van der Waals surface area (Å²) in [4.78, 5) is 12.3. The molecule has 19 heavy (non-hydrogen) atoms. The maximum atomic E-state index is 10.5. The molecule has 1 atom stereocenters. The Hall–Kier alpha value is -1.66. The molecule has 0 aliphatic carbocycles. The third-order valence-corrected chi connectivity index (χ3v) is 3.33. The van der Waals surface area contributed by atoms with Crippen LogP contribution in [0.15, 0.2) is 24.3 Å². The zero-order valence-corrected chi connectivity index (χ0v) is 11.2. The first-order valence-electron chi connectivity index (χ1n) is 6.37. The maximum Gasteiger partial charge on any atom is 0.269 e. The second-order valence-corrected chi connectivity index (χ2v) is 4.45. The van der Waals surface area contributed by atoms with E-state index in [1.807, 2.05) is 0 Å². The lowest BCUT2D eigenvalue weighted by molar-refractivity contribution is -0.384. The molecule has 0 bridgehead atoms. The topological polar surface area (TPSA) is 68.1 Å². The Kier molecular flexibility index (Phi) is 4.01. The highest BCUT2D eigenvalue weighted by Crippen LogP contribution is 2.32. The molecule has 0 spiro atoms. The zero-order valence-electron chi connectivity index (χ0n) is 11.2. The Labute approximate surface area is 112 Å². The van der Waals surface area contributed by atoms with Crippen LogP contribution in [0.25, 0.3) is 0 Å². The molecule has 0 N–H and O–H groups in total. The Balaban J connectivity index is 1.93. The first-order chi connectivity index (χ1) is 9.11. The van der Waals surface area contributed by atoms with Gasteiger partial charge in [-0.2, -0.15) is 0 Å². The number of rotatable bonds is 7. The van der Waals surface area contributed by atoms with Crippen LogP contribution in [-0.2, 0) is 4.74 Å². The second kappa shape index (κ2) is 5.54. The lowest BCUT2D eigenvalue weighted by Crippen LogP contribution is -2.42. The van der Waals surface area contributed by atoms with E-state index < -0.39 is 4.92 Å². The molecule has 6 heteroatoms. The number of nitrogens with zero attached hydrogens (tertiary/aromatic N) is 2. The maximum absolute atomic E-state index is 10.5. The lowest BCUT2D eigenvalue weighted by Gasteiger charge is -2.26. The minimum absolute atomic E-state index is 0.0634. The normalized spacial score (nSPS) is 21.4. The molecule has 1 aliphatic rings. The van der Waals surface area contributed by atoms with Crippen LogP contribution in [0.4, 0.5) is 5.69 Å². The molecular weight excluding hydrogens is 248 g/mol. The van der Waals surface area contributed by atoms with E-state index in [2.05, 4.69) is 18.7 Å². The van der Waals surface area contributed by atoms with E-state index in [0.717, 1.165) is 13.1 Å². The van der Waals surface area contributed by atoms with Crippen LogP contribution in [-0.4, -0.2) is 41.9 Å². The van der Waals surface area contributed by atoms with E-state index in [1.165, 1.54) is 12.1 Å². The van der Waals surface area contributed by atoms with E-state index in [1.54, 1.807) is 12.1 Å². The molecule has 1 unspecified atom stereocenters. The molecule has 1 saturated heterocycles. The Morgan fingerprint density at radius 3 is 2.37 bits per heavy atom. The highest BCUT2D eigenvalue weighted by Gasteiger charge is 2.50. The van der Waals surface area contributed by atoms with Crippen LogP contribution < -0.4 is 4.74 Å². The number of hydrogen-bond acceptors (Lipinski definition) is 5. The zero-order chi connectivity index (χ0) is 13.9. The summed E-state index contributed by atoms with van der Waals surface area (Å²) in [5, 5.41) is 10.5. The first-order valence-corrected chi connectivity index (χ1v) is 6.37. The monoisotopic (exact) mass is 266 g/mol. The number of likely N-dealkylation sites (N-methyl/N-ethyl adjacent to an activating group) is 1. The summed E-state index contributed by atoms with van der Waals surface area (Å²) in [6.45, 7) is 7.08. The van der Waals surface area contributed by atoms with Crippen LogP contribution in [0.2, 0.25) is 0 Å². The molecule has 0 saturated carbocycles. The quantitative estimate of drug-likeness (QED) is 0.429. The van der Waals surface area contributed by atoms with Gasteiger partial charge in [-0.1, -0.05) is 13.8 Å². The minimum atomic E-state index is -0.425. The minimum Gasteiger partial charge on any atom is -0.489 e. The van der Waals surface area contributed by atoms with Gasteiger partial charge in [0.25, 0.3) is 5.69 Å². The van der Waals surface area contributed by atoms with Crippen molar-refractivity contribution >= 4 is 5.69 Å². The first kappa shape index (κ1) is 13.8. The highest BCUT2D eigenvalue weighted by molar-refractivity contribution is 5.36. The summed E-state index contributed by atoms with van der Waals surface area (Å²) in [5.74, 6) is 0.618. The molecule has 1 heterocycles. The van der Waals surface area contributed by atoms with Gasteiger partial charge in [-0.25, -0.2) is 0 Å². The van der Waals surface area contributed by atoms with Crippen LogP contribution >= 0.6 is 0 Å². The number of benzene rings is 1. The van der Waals surface area contributed by atoms with Crippen LogP contribution in [0.1, 0.15) is 13.8 Å². The Morgan fingerprint density at radius 2 is 1.95 bits per heavy atom. The lowest BCUT2D eigenvalue weighted by atomic mass is 10.2. The van der Waals surface area contributed by atoms with Crippen molar-refractivity contribution in [3.8, 4) is 5.75 Å². The SMILES string of the molecule is CCN(CC)C1(COc2ccc([N+](=O)[O-])cc2)CO1. The van der Waals surface area contributed by atoms with E-state index in [4.69, 9.17) is 9.47 Å². The third-order valence-electron chi connectivity index (χ3n) is 3.33. The number of non-ortho nitro benzene ring substituents is 1. The third kappa shape index (κ3) is 3.02. The van der Waals surface area contributed by atoms with Crippen LogP contribution in [0.3, 0.4) is 0 Å². The van der Waals surface area contributed by atoms with Crippen molar-refractivity contribution in [2.24, 2.45) is 0 Å². The van der Waals surface area contributed by atoms with Gasteiger partial charge in [-0.05, 0) is 25.2 Å². The summed E-state index contributed by atoms with van der Waals surface area (Å²) in [6.07, 6.45) is 0. The fraction of sp³-hybridized carbons (Fsp3) is 0.538. The predicted molar refractivity (Wildman–Crippen MR) is 70.2 cm³/mol. The standard InChI is InChI=1S/C13H18N2O4/c1-3-14(4-2)13(10-19-13)9-18-12-7-5-11(6-8-12)15(16)17/h5-8H,3-4,9-10H2,1-2H3. The van der Waals surface area contributed by atoms with Gasteiger partial charge in [-0.15, -0.1) is 0 Å². The van der Waals surface area contributed by atoms with Gasteiger partial charge in [0, 0.05) is 12.1 Å². The van der Waals surface area contributed by atoms with Crippen molar-refractivity contribution in [1.29, 1.82) is 0 Å².